The summed E-state index contributed by atoms with van der Waals surface area (Å²) < 4.78 is 2.27. The number of aryl methyl sites for hydroxylation is 1. The van der Waals surface area contributed by atoms with Crippen molar-refractivity contribution >= 4 is 0 Å². The van der Waals surface area contributed by atoms with Crippen molar-refractivity contribution in [2.45, 2.75) is 44.2 Å². The minimum absolute atomic E-state index is 0.322. The number of fused-ring (bicyclic) bond motifs is 1. The summed E-state index contributed by atoms with van der Waals surface area (Å²) in [6.45, 7) is 3.21. The van der Waals surface area contributed by atoms with Crippen LogP contribution in [0.1, 0.15) is 36.7 Å². The van der Waals surface area contributed by atoms with Gasteiger partial charge in [-0.15, -0.1) is 0 Å². The van der Waals surface area contributed by atoms with Gasteiger partial charge in [-0.1, -0.05) is 0 Å². The van der Waals surface area contributed by atoms with Gasteiger partial charge in [0.05, 0.1) is 5.69 Å². The molecule has 16 heavy (non-hydrogen) atoms. The van der Waals surface area contributed by atoms with Gasteiger partial charge < -0.3 is 15.6 Å². The highest BCUT2D eigenvalue weighted by molar-refractivity contribution is 5.12. The monoisotopic (exact) mass is 220 g/mol. The van der Waals surface area contributed by atoms with E-state index in [9.17, 15) is 0 Å². The number of hydrogen-bond donors (Lipinski definition) is 2. The molecule has 1 fully saturated rings. The van der Waals surface area contributed by atoms with Crippen molar-refractivity contribution in [3.05, 3.63) is 17.7 Å². The molecule has 0 radical (unpaired) electrons. The molecule has 1 atom stereocenters. The smallest absolute Gasteiger partial charge is 0.109 e. The Morgan fingerprint density at radius 3 is 2.94 bits per heavy atom. The van der Waals surface area contributed by atoms with E-state index in [-0.39, 0.29) is 0 Å². The number of imidazole rings is 1. The molecule has 0 spiro atoms. The lowest BCUT2D eigenvalue weighted by Gasteiger charge is -2.20. The number of rotatable bonds is 1. The number of nitrogens with one attached hydrogen (secondary N) is 1. The van der Waals surface area contributed by atoms with Crippen molar-refractivity contribution in [1.29, 1.82) is 0 Å². The van der Waals surface area contributed by atoms with E-state index in [4.69, 9.17) is 10.7 Å². The lowest BCUT2D eigenvalue weighted by molar-refractivity contribution is 0.453. The first kappa shape index (κ1) is 10.3. The molecule has 4 nitrogen and oxygen atoms in total. The summed E-state index contributed by atoms with van der Waals surface area (Å²) in [7, 11) is 0. The molecular weight excluding hydrogens is 200 g/mol. The molecule has 1 saturated heterocycles. The Kier molecular flexibility index (Phi) is 2.69. The van der Waals surface area contributed by atoms with Gasteiger partial charge in [0.25, 0.3) is 0 Å². The molecule has 0 saturated carbocycles. The third-order valence-corrected chi connectivity index (χ3v) is 3.81. The summed E-state index contributed by atoms with van der Waals surface area (Å²) in [6.07, 6.45) is 6.82. The predicted molar refractivity (Wildman–Crippen MR) is 63.4 cm³/mol. The number of piperidine rings is 1. The Morgan fingerprint density at radius 1 is 1.31 bits per heavy atom. The standard InChI is InChI=1S/C12H20N4/c13-10-1-2-12-15-11(8-16(12)7-10)9-3-5-14-6-4-9/h8-10,14H,1-7,13H2. The largest absolute Gasteiger partial charge is 0.333 e. The van der Waals surface area contributed by atoms with Crippen molar-refractivity contribution in [3.63, 3.8) is 0 Å². The van der Waals surface area contributed by atoms with Gasteiger partial charge in [-0.25, -0.2) is 4.98 Å². The average molecular weight is 220 g/mol. The zero-order chi connectivity index (χ0) is 11.0. The SMILES string of the molecule is NC1CCc2nc(C3CCNCC3)cn2C1. The van der Waals surface area contributed by atoms with Gasteiger partial charge in [0.1, 0.15) is 5.82 Å². The van der Waals surface area contributed by atoms with Gasteiger partial charge in [0, 0.05) is 31.1 Å². The van der Waals surface area contributed by atoms with Gasteiger partial charge in [-0.2, -0.15) is 0 Å². The van der Waals surface area contributed by atoms with Crippen molar-refractivity contribution in [2.24, 2.45) is 5.73 Å². The molecule has 1 aromatic rings. The fraction of sp³-hybridized carbons (Fsp3) is 0.750. The lowest BCUT2D eigenvalue weighted by Crippen LogP contribution is -2.31. The molecule has 0 amide bonds. The van der Waals surface area contributed by atoms with Crippen LogP contribution in [-0.4, -0.2) is 28.7 Å². The van der Waals surface area contributed by atoms with Crippen LogP contribution in [0.2, 0.25) is 0 Å². The summed E-state index contributed by atoms with van der Waals surface area (Å²) in [5.74, 6) is 1.91. The minimum Gasteiger partial charge on any atom is -0.333 e. The van der Waals surface area contributed by atoms with Crippen LogP contribution in [0.5, 0.6) is 0 Å². The molecule has 3 heterocycles. The molecular formula is C12H20N4. The summed E-state index contributed by atoms with van der Waals surface area (Å²) >= 11 is 0. The maximum atomic E-state index is 5.98. The average Bonchev–Trinajstić information content (AvgIpc) is 2.73. The zero-order valence-corrected chi connectivity index (χ0v) is 9.65. The molecule has 4 heteroatoms. The Hall–Kier alpha value is -0.870. The molecule has 3 rings (SSSR count). The third kappa shape index (κ3) is 1.87. The molecule has 0 aliphatic carbocycles. The minimum atomic E-state index is 0.322. The first-order valence-corrected chi connectivity index (χ1v) is 6.35. The topological polar surface area (TPSA) is 55.9 Å². The van der Waals surface area contributed by atoms with E-state index in [2.05, 4.69) is 16.1 Å². The fourth-order valence-electron chi connectivity index (χ4n) is 2.81. The van der Waals surface area contributed by atoms with Gasteiger partial charge in [-0.3, -0.25) is 0 Å². The predicted octanol–water partition coefficient (Wildman–Crippen LogP) is 0.624. The Labute approximate surface area is 96.2 Å². The van der Waals surface area contributed by atoms with Gasteiger partial charge in [0.15, 0.2) is 0 Å². The zero-order valence-electron chi connectivity index (χ0n) is 9.65. The molecule has 1 aromatic heterocycles. The van der Waals surface area contributed by atoms with Gasteiger partial charge in [-0.05, 0) is 32.4 Å². The second kappa shape index (κ2) is 4.18. The van der Waals surface area contributed by atoms with E-state index in [1.165, 1.54) is 24.4 Å². The lowest BCUT2D eigenvalue weighted by atomic mass is 9.95. The maximum absolute atomic E-state index is 5.98. The Bertz CT molecular complexity index is 365. The van der Waals surface area contributed by atoms with Crippen molar-refractivity contribution in [2.75, 3.05) is 13.1 Å². The molecule has 88 valence electrons. The van der Waals surface area contributed by atoms with Crippen LogP contribution in [0.4, 0.5) is 0 Å². The van der Waals surface area contributed by atoms with Gasteiger partial charge in [0.2, 0.25) is 0 Å². The normalized spacial score (nSPS) is 26.7. The molecule has 1 unspecified atom stereocenters. The van der Waals surface area contributed by atoms with Crippen molar-refractivity contribution < 1.29 is 0 Å². The van der Waals surface area contributed by atoms with Crippen LogP contribution in [0.15, 0.2) is 6.20 Å². The highest BCUT2D eigenvalue weighted by atomic mass is 15.1. The van der Waals surface area contributed by atoms with Crippen LogP contribution in [-0.2, 0) is 13.0 Å². The highest BCUT2D eigenvalue weighted by Crippen LogP contribution is 2.26. The molecule has 3 N–H and O–H groups in total. The summed E-state index contributed by atoms with van der Waals surface area (Å²) in [4.78, 5) is 4.79. The first-order valence-electron chi connectivity index (χ1n) is 6.35. The number of aromatic nitrogens is 2. The number of nitrogens with zero attached hydrogens (tertiary/aromatic N) is 2. The van der Waals surface area contributed by atoms with Crippen LogP contribution in [0.25, 0.3) is 0 Å². The summed E-state index contributed by atoms with van der Waals surface area (Å²) in [5.41, 5.74) is 7.28. The number of nitrogens with two attached hydrogens (primary N) is 1. The van der Waals surface area contributed by atoms with Crippen molar-refractivity contribution in [1.82, 2.24) is 14.9 Å². The second-order valence-electron chi connectivity index (χ2n) is 5.06. The summed E-state index contributed by atoms with van der Waals surface area (Å²) in [6, 6.07) is 0.322. The van der Waals surface area contributed by atoms with Crippen molar-refractivity contribution in [3.8, 4) is 0 Å². The van der Waals surface area contributed by atoms with E-state index in [1.54, 1.807) is 0 Å². The highest BCUT2D eigenvalue weighted by Gasteiger charge is 2.22. The maximum Gasteiger partial charge on any atom is 0.109 e. The van der Waals surface area contributed by atoms with Crippen LogP contribution in [0, 0.1) is 0 Å². The van der Waals surface area contributed by atoms with E-state index >= 15 is 0 Å². The Balaban J connectivity index is 1.80. The van der Waals surface area contributed by atoms with Crippen LogP contribution < -0.4 is 11.1 Å². The summed E-state index contributed by atoms with van der Waals surface area (Å²) in [5, 5.41) is 3.40. The van der Waals surface area contributed by atoms with E-state index < -0.39 is 0 Å². The van der Waals surface area contributed by atoms with E-state index in [1.807, 2.05) is 0 Å². The quantitative estimate of drug-likeness (QED) is 0.729. The molecule has 0 bridgehead atoms. The van der Waals surface area contributed by atoms with E-state index in [0.717, 1.165) is 32.5 Å². The Morgan fingerprint density at radius 2 is 2.12 bits per heavy atom. The van der Waals surface area contributed by atoms with Crippen LogP contribution in [0.3, 0.4) is 0 Å². The molecule has 0 aromatic carbocycles. The van der Waals surface area contributed by atoms with E-state index in [0.29, 0.717) is 12.0 Å². The fourth-order valence-corrected chi connectivity index (χ4v) is 2.81. The molecule has 2 aliphatic rings. The van der Waals surface area contributed by atoms with Gasteiger partial charge >= 0.3 is 0 Å². The first-order chi connectivity index (χ1) is 7.83. The second-order valence-corrected chi connectivity index (χ2v) is 5.06. The third-order valence-electron chi connectivity index (χ3n) is 3.81. The molecule has 2 aliphatic heterocycles. The number of hydrogen-bond acceptors (Lipinski definition) is 3. The van der Waals surface area contributed by atoms with Crippen LogP contribution >= 0.6 is 0 Å².